The lowest BCUT2D eigenvalue weighted by molar-refractivity contribution is 0.106. The lowest BCUT2D eigenvalue weighted by atomic mass is 10.1. The van der Waals surface area contributed by atoms with Gasteiger partial charge in [0, 0.05) is 19.4 Å². The molecule has 0 aliphatic carbocycles. The Morgan fingerprint density at radius 1 is 1.33 bits per heavy atom. The third-order valence-corrected chi connectivity index (χ3v) is 3.37. The predicted molar refractivity (Wildman–Crippen MR) is 61.1 cm³/mol. The Kier molecular flexibility index (Phi) is 7.08. The van der Waals surface area contributed by atoms with Crippen LogP contribution in [0.5, 0.6) is 0 Å². The summed E-state index contributed by atoms with van der Waals surface area (Å²) in [6, 6.07) is 0.0392. The van der Waals surface area contributed by atoms with E-state index >= 15 is 0 Å². The Labute approximate surface area is 92.3 Å². The molecular weight excluding hydrogens is 216 g/mol. The number of hydrogen-bond acceptors (Lipinski definition) is 5. The molecule has 0 saturated carbocycles. The number of nitrogens with two attached hydrogens (primary N) is 1. The van der Waals surface area contributed by atoms with Gasteiger partial charge in [0.1, 0.15) is 9.84 Å². The summed E-state index contributed by atoms with van der Waals surface area (Å²) in [4.78, 5) is 0. The van der Waals surface area contributed by atoms with Crippen LogP contribution in [-0.2, 0) is 14.6 Å². The van der Waals surface area contributed by atoms with Crippen LogP contribution in [-0.4, -0.2) is 39.7 Å². The fourth-order valence-electron chi connectivity index (χ4n) is 1.22. The zero-order chi connectivity index (χ0) is 11.9. The Morgan fingerprint density at radius 3 is 2.33 bits per heavy atom. The van der Waals surface area contributed by atoms with Gasteiger partial charge in [-0.25, -0.2) is 8.42 Å². The van der Waals surface area contributed by atoms with E-state index < -0.39 is 9.84 Å². The number of rotatable bonds is 8. The van der Waals surface area contributed by atoms with Crippen molar-refractivity contribution in [1.29, 1.82) is 0 Å². The third kappa shape index (κ3) is 8.80. The molecule has 5 nitrogen and oxygen atoms in total. The summed E-state index contributed by atoms with van der Waals surface area (Å²) in [5, 5.41) is 0. The SMILES string of the molecule is COC(C)CCC(CCS(C)(=O)=O)NN. The van der Waals surface area contributed by atoms with Crippen molar-refractivity contribution in [3.8, 4) is 0 Å². The second kappa shape index (κ2) is 7.16. The van der Waals surface area contributed by atoms with Gasteiger partial charge in [-0.15, -0.1) is 0 Å². The first-order valence-corrected chi connectivity index (χ1v) is 7.11. The minimum absolute atomic E-state index is 0.0392. The van der Waals surface area contributed by atoms with Crippen molar-refractivity contribution in [2.45, 2.75) is 38.3 Å². The van der Waals surface area contributed by atoms with Crippen molar-refractivity contribution in [1.82, 2.24) is 5.43 Å². The number of sulfone groups is 1. The predicted octanol–water partition coefficient (Wildman–Crippen LogP) is 0.0681. The summed E-state index contributed by atoms with van der Waals surface area (Å²) in [5.74, 6) is 5.51. The summed E-state index contributed by atoms with van der Waals surface area (Å²) in [6.07, 6.45) is 3.65. The van der Waals surface area contributed by atoms with Crippen molar-refractivity contribution in [3.05, 3.63) is 0 Å². The van der Waals surface area contributed by atoms with E-state index in [-0.39, 0.29) is 17.9 Å². The highest BCUT2D eigenvalue weighted by molar-refractivity contribution is 7.90. The van der Waals surface area contributed by atoms with Gasteiger partial charge in [0.25, 0.3) is 0 Å². The normalized spacial score (nSPS) is 16.3. The van der Waals surface area contributed by atoms with E-state index in [1.807, 2.05) is 6.92 Å². The van der Waals surface area contributed by atoms with Gasteiger partial charge >= 0.3 is 0 Å². The summed E-state index contributed by atoms with van der Waals surface area (Å²) in [5.41, 5.74) is 2.63. The zero-order valence-electron chi connectivity index (χ0n) is 9.69. The van der Waals surface area contributed by atoms with Crippen LogP contribution in [0.15, 0.2) is 0 Å². The topological polar surface area (TPSA) is 81.4 Å². The van der Waals surface area contributed by atoms with Crippen molar-refractivity contribution >= 4 is 9.84 Å². The maximum Gasteiger partial charge on any atom is 0.147 e. The molecule has 0 spiro atoms. The quantitative estimate of drug-likeness (QED) is 0.462. The molecule has 0 saturated heterocycles. The van der Waals surface area contributed by atoms with E-state index in [0.717, 1.165) is 12.8 Å². The Bertz CT molecular complexity index is 254. The maximum atomic E-state index is 11.0. The molecule has 2 unspecified atom stereocenters. The van der Waals surface area contributed by atoms with E-state index in [2.05, 4.69) is 5.43 Å². The molecule has 0 aliphatic heterocycles. The molecule has 3 N–H and O–H groups in total. The van der Waals surface area contributed by atoms with Crippen molar-refractivity contribution < 1.29 is 13.2 Å². The number of nitrogens with one attached hydrogen (secondary N) is 1. The van der Waals surface area contributed by atoms with Crippen LogP contribution < -0.4 is 11.3 Å². The fraction of sp³-hybridized carbons (Fsp3) is 1.00. The highest BCUT2D eigenvalue weighted by atomic mass is 32.2. The first-order valence-electron chi connectivity index (χ1n) is 5.05. The molecule has 2 atom stereocenters. The summed E-state index contributed by atoms with van der Waals surface area (Å²) >= 11 is 0. The Morgan fingerprint density at radius 2 is 1.93 bits per heavy atom. The molecule has 0 aromatic carbocycles. The second-order valence-electron chi connectivity index (χ2n) is 3.91. The maximum absolute atomic E-state index is 11.0. The standard InChI is InChI=1S/C9H22N2O3S/c1-8(14-2)4-5-9(11-10)6-7-15(3,12)13/h8-9,11H,4-7,10H2,1-3H3. The minimum atomic E-state index is -2.90. The molecule has 0 rings (SSSR count). The smallest absolute Gasteiger partial charge is 0.147 e. The summed E-state index contributed by atoms with van der Waals surface area (Å²) in [7, 11) is -1.24. The van der Waals surface area contributed by atoms with Crippen molar-refractivity contribution in [3.63, 3.8) is 0 Å². The molecule has 92 valence electrons. The first kappa shape index (κ1) is 14.8. The fourth-order valence-corrected chi connectivity index (χ4v) is 1.93. The third-order valence-electron chi connectivity index (χ3n) is 2.40. The van der Waals surface area contributed by atoms with E-state index in [1.54, 1.807) is 7.11 Å². The van der Waals surface area contributed by atoms with Gasteiger partial charge in [0.2, 0.25) is 0 Å². The second-order valence-corrected chi connectivity index (χ2v) is 6.17. The molecule has 6 heteroatoms. The van der Waals surface area contributed by atoms with Crippen LogP contribution in [0.3, 0.4) is 0 Å². The zero-order valence-corrected chi connectivity index (χ0v) is 10.5. The molecule has 0 aromatic heterocycles. The molecule has 0 heterocycles. The van der Waals surface area contributed by atoms with Gasteiger partial charge in [-0.2, -0.15) is 0 Å². The van der Waals surface area contributed by atoms with Crippen LogP contribution in [0.4, 0.5) is 0 Å². The van der Waals surface area contributed by atoms with Crippen LogP contribution in [0.25, 0.3) is 0 Å². The van der Waals surface area contributed by atoms with Gasteiger partial charge in [-0.1, -0.05) is 0 Å². The highest BCUT2D eigenvalue weighted by Gasteiger charge is 2.12. The lowest BCUT2D eigenvalue weighted by Crippen LogP contribution is -2.37. The first-order chi connectivity index (χ1) is 6.89. The molecule has 0 amide bonds. The molecule has 0 bridgehead atoms. The summed E-state index contributed by atoms with van der Waals surface area (Å²) < 4.78 is 27.0. The van der Waals surface area contributed by atoms with Crippen LogP contribution in [0.1, 0.15) is 26.2 Å². The molecular formula is C9H22N2O3S. The van der Waals surface area contributed by atoms with Crippen LogP contribution in [0, 0.1) is 0 Å². The molecule has 0 radical (unpaired) electrons. The van der Waals surface area contributed by atoms with Gasteiger partial charge in [0.05, 0.1) is 11.9 Å². The largest absolute Gasteiger partial charge is 0.382 e. The van der Waals surface area contributed by atoms with Gasteiger partial charge in [-0.3, -0.25) is 11.3 Å². The number of ether oxygens (including phenoxy) is 1. The summed E-state index contributed by atoms with van der Waals surface area (Å²) in [6.45, 7) is 1.98. The number of hydrazine groups is 1. The Hall–Kier alpha value is -0.170. The van der Waals surface area contributed by atoms with Gasteiger partial charge in [-0.05, 0) is 26.2 Å². The lowest BCUT2D eigenvalue weighted by Gasteiger charge is -2.17. The van der Waals surface area contributed by atoms with Gasteiger partial charge in [0.15, 0.2) is 0 Å². The number of hydrogen-bond donors (Lipinski definition) is 2. The minimum Gasteiger partial charge on any atom is -0.382 e. The van der Waals surface area contributed by atoms with Gasteiger partial charge < -0.3 is 4.74 Å². The Balaban J connectivity index is 3.83. The average molecular weight is 238 g/mol. The average Bonchev–Trinajstić information content (AvgIpc) is 2.16. The molecule has 0 aromatic rings. The van der Waals surface area contributed by atoms with Crippen molar-refractivity contribution in [2.75, 3.05) is 19.1 Å². The number of methoxy groups -OCH3 is 1. The molecule has 0 fully saturated rings. The monoisotopic (exact) mass is 238 g/mol. The van der Waals surface area contributed by atoms with E-state index in [4.69, 9.17) is 10.6 Å². The van der Waals surface area contributed by atoms with Crippen LogP contribution >= 0.6 is 0 Å². The van der Waals surface area contributed by atoms with Crippen molar-refractivity contribution in [2.24, 2.45) is 5.84 Å². The highest BCUT2D eigenvalue weighted by Crippen LogP contribution is 2.07. The van der Waals surface area contributed by atoms with E-state index in [1.165, 1.54) is 6.26 Å². The molecule has 15 heavy (non-hydrogen) atoms. The van der Waals surface area contributed by atoms with E-state index in [0.29, 0.717) is 6.42 Å². The molecule has 0 aliphatic rings. The van der Waals surface area contributed by atoms with Crippen LogP contribution in [0.2, 0.25) is 0 Å². The van der Waals surface area contributed by atoms with E-state index in [9.17, 15) is 8.42 Å².